The van der Waals surface area contributed by atoms with Crippen LogP contribution in [0.15, 0.2) is 53.3 Å². The third kappa shape index (κ3) is 2.63. The van der Waals surface area contributed by atoms with E-state index in [-0.39, 0.29) is 5.56 Å². The first-order valence-electron chi connectivity index (χ1n) is 8.93. The van der Waals surface area contributed by atoms with Crippen LogP contribution >= 0.6 is 0 Å². The minimum absolute atomic E-state index is 0.277. The monoisotopic (exact) mass is 361 g/mol. The van der Waals surface area contributed by atoms with Crippen molar-refractivity contribution < 1.29 is 4.74 Å². The molecule has 7 nitrogen and oxygen atoms in total. The van der Waals surface area contributed by atoms with Gasteiger partial charge < -0.3 is 20.5 Å². The maximum absolute atomic E-state index is 12.8. The largest absolute Gasteiger partial charge is 0.378 e. The smallest absolute Gasteiger partial charge is 0.280 e. The number of nitrogens with zero attached hydrogens (tertiary/aromatic N) is 3. The lowest BCUT2D eigenvalue weighted by atomic mass is 10.1. The quantitative estimate of drug-likeness (QED) is 0.534. The maximum Gasteiger partial charge on any atom is 0.280 e. The second-order valence-electron chi connectivity index (χ2n) is 6.68. The first-order chi connectivity index (χ1) is 13.2. The highest BCUT2D eigenvalue weighted by molar-refractivity contribution is 5.87. The van der Waals surface area contributed by atoms with Crippen LogP contribution in [0.5, 0.6) is 0 Å². The molecule has 1 fully saturated rings. The number of nitrogens with one attached hydrogen (secondary N) is 1. The van der Waals surface area contributed by atoms with Crippen molar-refractivity contribution in [3.63, 3.8) is 0 Å². The van der Waals surface area contributed by atoms with Gasteiger partial charge in [0.15, 0.2) is 0 Å². The van der Waals surface area contributed by atoms with Gasteiger partial charge in [-0.1, -0.05) is 12.1 Å². The molecule has 2 aromatic heterocycles. The van der Waals surface area contributed by atoms with Crippen molar-refractivity contribution in [2.24, 2.45) is 0 Å². The van der Waals surface area contributed by atoms with Crippen LogP contribution in [0.3, 0.4) is 0 Å². The molecule has 136 valence electrons. The Morgan fingerprint density at radius 3 is 2.70 bits per heavy atom. The number of imidazole rings is 1. The summed E-state index contributed by atoms with van der Waals surface area (Å²) in [6, 6.07) is 15.5. The Balaban J connectivity index is 1.67. The third-order valence-electron chi connectivity index (χ3n) is 5.04. The van der Waals surface area contributed by atoms with Crippen molar-refractivity contribution in [3.05, 3.63) is 58.9 Å². The molecule has 0 atom stereocenters. The van der Waals surface area contributed by atoms with Gasteiger partial charge in [-0.2, -0.15) is 0 Å². The predicted molar refractivity (Wildman–Crippen MR) is 106 cm³/mol. The van der Waals surface area contributed by atoms with Crippen molar-refractivity contribution in [2.75, 3.05) is 37.0 Å². The topological polar surface area (TPSA) is 89.2 Å². The Bertz CT molecular complexity index is 1170. The van der Waals surface area contributed by atoms with Gasteiger partial charge in [0, 0.05) is 24.2 Å². The number of rotatable bonds is 2. The van der Waals surface area contributed by atoms with E-state index in [0.29, 0.717) is 16.9 Å². The molecule has 0 radical (unpaired) electrons. The molecule has 2 aromatic carbocycles. The molecule has 0 spiro atoms. The van der Waals surface area contributed by atoms with Crippen LogP contribution in [-0.4, -0.2) is 40.9 Å². The molecule has 4 aromatic rings. The van der Waals surface area contributed by atoms with Crippen LogP contribution in [0, 0.1) is 0 Å². The molecule has 0 bridgehead atoms. The second-order valence-corrected chi connectivity index (χ2v) is 6.68. The van der Waals surface area contributed by atoms with E-state index in [9.17, 15) is 4.79 Å². The second kappa shape index (κ2) is 6.14. The molecule has 1 saturated heterocycles. The minimum Gasteiger partial charge on any atom is -0.378 e. The lowest BCUT2D eigenvalue weighted by molar-refractivity contribution is 0.122. The van der Waals surface area contributed by atoms with Gasteiger partial charge in [-0.3, -0.25) is 4.79 Å². The highest BCUT2D eigenvalue weighted by atomic mass is 16.5. The number of hydrogen-bond acceptors (Lipinski definition) is 5. The van der Waals surface area contributed by atoms with E-state index in [1.807, 2.05) is 42.5 Å². The van der Waals surface area contributed by atoms with Gasteiger partial charge in [-0.05, 0) is 36.4 Å². The Labute approximate surface area is 155 Å². The number of ether oxygens (including phenoxy) is 1. The average Bonchev–Trinajstić information content (AvgIpc) is 3.15. The van der Waals surface area contributed by atoms with Crippen molar-refractivity contribution in [1.82, 2.24) is 14.6 Å². The van der Waals surface area contributed by atoms with Crippen LogP contribution in [-0.2, 0) is 4.74 Å². The summed E-state index contributed by atoms with van der Waals surface area (Å²) in [4.78, 5) is 22.8. The lowest BCUT2D eigenvalue weighted by Crippen LogP contribution is -2.36. The summed E-state index contributed by atoms with van der Waals surface area (Å²) in [5, 5.41) is 0.900. The summed E-state index contributed by atoms with van der Waals surface area (Å²) >= 11 is 0. The number of hydrogen-bond donors (Lipinski definition) is 2. The SMILES string of the molecule is Nn1c(=O)c(-c2nc3ccccc3[nH]2)cc2cc(N3CCOCC3)ccc21. The zero-order valence-electron chi connectivity index (χ0n) is 14.7. The number of pyridine rings is 1. The van der Waals surface area contributed by atoms with E-state index in [1.54, 1.807) is 0 Å². The average molecular weight is 361 g/mol. The number of H-pyrrole nitrogens is 1. The van der Waals surface area contributed by atoms with Gasteiger partial charge in [0.05, 0.1) is 35.3 Å². The lowest BCUT2D eigenvalue weighted by Gasteiger charge is -2.29. The standard InChI is InChI=1S/C20H19N5O2/c21-25-18-6-5-14(24-7-9-27-10-8-24)11-13(18)12-15(20(25)26)19-22-16-3-1-2-4-17(16)23-19/h1-6,11-12H,7-10,21H2,(H,22,23). The summed E-state index contributed by atoms with van der Waals surface area (Å²) in [5.74, 6) is 6.63. The van der Waals surface area contributed by atoms with Gasteiger partial charge in [0.1, 0.15) is 5.82 Å². The van der Waals surface area contributed by atoms with E-state index in [0.717, 1.165) is 48.4 Å². The van der Waals surface area contributed by atoms with Crippen LogP contribution in [0.2, 0.25) is 0 Å². The van der Waals surface area contributed by atoms with Crippen LogP contribution in [0.25, 0.3) is 33.3 Å². The molecule has 0 saturated carbocycles. The molecule has 3 N–H and O–H groups in total. The van der Waals surface area contributed by atoms with Gasteiger partial charge in [-0.15, -0.1) is 0 Å². The van der Waals surface area contributed by atoms with Crippen LogP contribution in [0.1, 0.15) is 0 Å². The van der Waals surface area contributed by atoms with E-state index in [1.165, 1.54) is 4.68 Å². The number of para-hydroxylation sites is 2. The molecule has 0 unspecified atom stereocenters. The molecular weight excluding hydrogens is 342 g/mol. The number of benzene rings is 2. The zero-order chi connectivity index (χ0) is 18.4. The first kappa shape index (κ1) is 15.9. The first-order valence-corrected chi connectivity index (χ1v) is 8.93. The molecular formula is C20H19N5O2. The fraction of sp³-hybridized carbons (Fsp3) is 0.200. The summed E-state index contributed by atoms with van der Waals surface area (Å²) in [5.41, 5.74) is 3.67. The number of fused-ring (bicyclic) bond motifs is 2. The number of nitrogen functional groups attached to an aromatic ring is 1. The minimum atomic E-state index is -0.277. The van der Waals surface area contributed by atoms with E-state index in [2.05, 4.69) is 20.9 Å². The van der Waals surface area contributed by atoms with Gasteiger partial charge in [0.25, 0.3) is 5.56 Å². The normalized spacial score (nSPS) is 14.9. The molecule has 1 aliphatic rings. The number of aromatic amines is 1. The molecule has 27 heavy (non-hydrogen) atoms. The van der Waals surface area contributed by atoms with Crippen molar-refractivity contribution in [1.29, 1.82) is 0 Å². The molecule has 0 aliphatic carbocycles. The fourth-order valence-electron chi connectivity index (χ4n) is 3.60. The number of aromatic nitrogens is 3. The van der Waals surface area contributed by atoms with Crippen molar-refractivity contribution in [2.45, 2.75) is 0 Å². The summed E-state index contributed by atoms with van der Waals surface area (Å²) in [6.45, 7) is 3.14. The Morgan fingerprint density at radius 1 is 1.07 bits per heavy atom. The number of morpholine rings is 1. The molecule has 3 heterocycles. The molecule has 0 amide bonds. The molecule has 1 aliphatic heterocycles. The Kier molecular flexibility index (Phi) is 3.61. The Morgan fingerprint density at radius 2 is 1.89 bits per heavy atom. The van der Waals surface area contributed by atoms with Crippen molar-refractivity contribution >= 4 is 27.6 Å². The summed E-state index contributed by atoms with van der Waals surface area (Å²) in [6.07, 6.45) is 0. The molecule has 5 rings (SSSR count). The number of nitrogens with two attached hydrogens (primary N) is 1. The predicted octanol–water partition coefficient (Wildman–Crippen LogP) is 2.10. The van der Waals surface area contributed by atoms with Crippen LogP contribution < -0.4 is 16.3 Å². The summed E-state index contributed by atoms with van der Waals surface area (Å²) in [7, 11) is 0. The van der Waals surface area contributed by atoms with Crippen LogP contribution in [0.4, 0.5) is 5.69 Å². The van der Waals surface area contributed by atoms with Crippen molar-refractivity contribution in [3.8, 4) is 11.4 Å². The zero-order valence-corrected chi connectivity index (χ0v) is 14.7. The maximum atomic E-state index is 12.8. The fourth-order valence-corrected chi connectivity index (χ4v) is 3.60. The Hall–Kier alpha value is -3.32. The summed E-state index contributed by atoms with van der Waals surface area (Å²) < 4.78 is 6.63. The van der Waals surface area contributed by atoms with Gasteiger partial charge in [0.2, 0.25) is 0 Å². The van der Waals surface area contributed by atoms with E-state index < -0.39 is 0 Å². The third-order valence-corrected chi connectivity index (χ3v) is 5.04. The van der Waals surface area contributed by atoms with E-state index in [4.69, 9.17) is 10.6 Å². The van der Waals surface area contributed by atoms with E-state index >= 15 is 0 Å². The molecule has 7 heteroatoms. The number of anilines is 1. The highest BCUT2D eigenvalue weighted by Crippen LogP contribution is 2.25. The highest BCUT2D eigenvalue weighted by Gasteiger charge is 2.16. The van der Waals surface area contributed by atoms with Gasteiger partial charge >= 0.3 is 0 Å². The van der Waals surface area contributed by atoms with Gasteiger partial charge in [-0.25, -0.2) is 9.66 Å².